The summed E-state index contributed by atoms with van der Waals surface area (Å²) in [6, 6.07) is 10.3. The summed E-state index contributed by atoms with van der Waals surface area (Å²) in [5.74, 6) is -2.97. The number of hydrogen-bond donors (Lipinski definition) is 2. The SMILES string of the molecule is O=C(CN1C(=O)/C(=C2\SC(=S)N(CCS(=O)(=O)O)C2=O)c2ccccc21)Nc1cccc(C(F)(F)F)c1. The minimum absolute atomic E-state index is 0.0119. The van der Waals surface area contributed by atoms with E-state index in [1.807, 2.05) is 0 Å². The van der Waals surface area contributed by atoms with Crippen LogP contribution in [-0.2, 0) is 30.7 Å². The van der Waals surface area contributed by atoms with Crippen LogP contribution < -0.4 is 10.2 Å². The molecule has 2 aromatic carbocycles. The Morgan fingerprint density at radius 2 is 1.76 bits per heavy atom. The van der Waals surface area contributed by atoms with Gasteiger partial charge in [0, 0.05) is 17.8 Å². The molecule has 37 heavy (non-hydrogen) atoms. The van der Waals surface area contributed by atoms with Crippen LogP contribution in [0.2, 0.25) is 0 Å². The third-order valence-corrected chi connectivity index (χ3v) is 7.49. The van der Waals surface area contributed by atoms with Gasteiger partial charge in [0.15, 0.2) is 0 Å². The Hall–Kier alpha value is -3.27. The van der Waals surface area contributed by atoms with Gasteiger partial charge in [0.25, 0.3) is 21.9 Å². The van der Waals surface area contributed by atoms with Gasteiger partial charge in [-0.25, -0.2) is 0 Å². The largest absolute Gasteiger partial charge is 0.416 e. The van der Waals surface area contributed by atoms with Crippen molar-refractivity contribution in [2.75, 3.05) is 29.1 Å². The van der Waals surface area contributed by atoms with E-state index < -0.39 is 58.4 Å². The maximum absolute atomic E-state index is 13.4. The van der Waals surface area contributed by atoms with Crippen molar-refractivity contribution in [2.45, 2.75) is 6.18 Å². The van der Waals surface area contributed by atoms with E-state index in [9.17, 15) is 36.0 Å². The van der Waals surface area contributed by atoms with Crippen molar-refractivity contribution >= 4 is 73.1 Å². The standard InChI is InChI=1S/C22H16F3N3O6S3/c23-22(24,25)12-4-3-5-13(10-12)26-16(29)11-28-15-7-2-1-6-14(15)17(19(28)30)18-20(31)27(21(35)36-18)8-9-37(32,33)34/h1-7,10H,8-9,11H2,(H,26,29)(H,32,33,34)/b18-17-. The van der Waals surface area contributed by atoms with E-state index in [0.29, 0.717) is 11.3 Å². The molecule has 15 heteroatoms. The predicted molar refractivity (Wildman–Crippen MR) is 134 cm³/mol. The van der Waals surface area contributed by atoms with Gasteiger partial charge >= 0.3 is 6.18 Å². The minimum Gasteiger partial charge on any atom is -0.325 e. The first-order chi connectivity index (χ1) is 17.3. The Morgan fingerprint density at radius 1 is 1.05 bits per heavy atom. The van der Waals surface area contributed by atoms with Crippen LogP contribution in [0.15, 0.2) is 53.4 Å². The van der Waals surface area contributed by atoms with E-state index in [1.165, 1.54) is 12.1 Å². The summed E-state index contributed by atoms with van der Waals surface area (Å²) in [5, 5.41) is 2.34. The maximum Gasteiger partial charge on any atom is 0.416 e. The molecule has 194 valence electrons. The average Bonchev–Trinajstić information content (AvgIpc) is 3.23. The quantitative estimate of drug-likeness (QED) is 0.308. The molecule has 4 rings (SSSR count). The van der Waals surface area contributed by atoms with Crippen molar-refractivity contribution in [3.8, 4) is 0 Å². The fourth-order valence-electron chi connectivity index (χ4n) is 3.72. The molecule has 0 radical (unpaired) electrons. The van der Waals surface area contributed by atoms with Crippen molar-refractivity contribution in [2.24, 2.45) is 0 Å². The number of hydrogen-bond acceptors (Lipinski definition) is 7. The van der Waals surface area contributed by atoms with E-state index in [-0.39, 0.29) is 20.5 Å². The van der Waals surface area contributed by atoms with Crippen LogP contribution in [0.3, 0.4) is 0 Å². The van der Waals surface area contributed by atoms with Gasteiger partial charge in [-0.2, -0.15) is 21.6 Å². The fourth-order valence-corrected chi connectivity index (χ4v) is 5.52. The highest BCUT2D eigenvalue weighted by molar-refractivity contribution is 8.26. The van der Waals surface area contributed by atoms with Crippen molar-refractivity contribution in [3.63, 3.8) is 0 Å². The molecule has 0 aliphatic carbocycles. The zero-order chi connectivity index (χ0) is 27.1. The van der Waals surface area contributed by atoms with Crippen molar-refractivity contribution in [3.05, 3.63) is 64.6 Å². The second-order valence-corrected chi connectivity index (χ2v) is 11.1. The third kappa shape index (κ3) is 5.69. The molecule has 0 spiro atoms. The Balaban J connectivity index is 1.60. The molecule has 0 unspecified atom stereocenters. The Bertz CT molecular complexity index is 1470. The van der Waals surface area contributed by atoms with E-state index in [0.717, 1.165) is 39.8 Å². The van der Waals surface area contributed by atoms with Crippen molar-refractivity contribution in [1.82, 2.24) is 4.90 Å². The van der Waals surface area contributed by atoms with Gasteiger partial charge in [-0.1, -0.05) is 48.2 Å². The number of fused-ring (bicyclic) bond motifs is 1. The number of para-hydroxylation sites is 1. The number of alkyl halides is 3. The maximum atomic E-state index is 13.4. The Morgan fingerprint density at radius 3 is 2.43 bits per heavy atom. The number of amides is 3. The van der Waals surface area contributed by atoms with Gasteiger partial charge < -0.3 is 5.32 Å². The molecule has 9 nitrogen and oxygen atoms in total. The molecule has 1 saturated heterocycles. The highest BCUT2D eigenvalue weighted by Crippen LogP contribution is 2.44. The van der Waals surface area contributed by atoms with Crippen LogP contribution in [-0.4, -0.2) is 58.8 Å². The Labute approximate surface area is 218 Å². The summed E-state index contributed by atoms with van der Waals surface area (Å²) in [6.07, 6.45) is -4.60. The number of carbonyl (C=O) groups is 3. The first-order valence-electron chi connectivity index (χ1n) is 10.4. The molecule has 0 aromatic heterocycles. The number of benzene rings is 2. The fraction of sp³-hybridized carbons (Fsp3) is 0.182. The van der Waals surface area contributed by atoms with E-state index in [1.54, 1.807) is 18.2 Å². The first-order valence-corrected chi connectivity index (χ1v) is 13.2. The molecule has 2 aliphatic heterocycles. The number of thiocarbonyl (C=S) groups is 1. The summed E-state index contributed by atoms with van der Waals surface area (Å²) in [4.78, 5) is 41.0. The van der Waals surface area contributed by atoms with Crippen LogP contribution in [0.5, 0.6) is 0 Å². The van der Waals surface area contributed by atoms with Gasteiger partial charge in [0.1, 0.15) is 10.9 Å². The molecular formula is C22H16F3N3O6S3. The second-order valence-electron chi connectivity index (χ2n) is 7.85. The average molecular weight is 572 g/mol. The van der Waals surface area contributed by atoms with Gasteiger partial charge in [0.2, 0.25) is 5.91 Å². The molecule has 2 heterocycles. The monoisotopic (exact) mass is 571 g/mol. The molecule has 2 aliphatic rings. The summed E-state index contributed by atoms with van der Waals surface area (Å²) >= 11 is 5.93. The van der Waals surface area contributed by atoms with Crippen LogP contribution >= 0.6 is 24.0 Å². The highest BCUT2D eigenvalue weighted by atomic mass is 32.2. The highest BCUT2D eigenvalue weighted by Gasteiger charge is 2.42. The lowest BCUT2D eigenvalue weighted by atomic mass is 10.1. The van der Waals surface area contributed by atoms with Crippen LogP contribution in [0.25, 0.3) is 5.57 Å². The van der Waals surface area contributed by atoms with Gasteiger partial charge in [-0.05, 0) is 24.3 Å². The topological polar surface area (TPSA) is 124 Å². The number of nitrogens with zero attached hydrogens (tertiary/aromatic N) is 2. The molecule has 0 saturated carbocycles. The smallest absolute Gasteiger partial charge is 0.325 e. The molecule has 3 amide bonds. The van der Waals surface area contributed by atoms with Gasteiger partial charge in [0.05, 0.1) is 27.5 Å². The number of halogens is 3. The summed E-state index contributed by atoms with van der Waals surface area (Å²) in [6.45, 7) is -0.974. The normalized spacial score (nSPS) is 18.0. The lowest BCUT2D eigenvalue weighted by Crippen LogP contribution is -2.36. The third-order valence-electron chi connectivity index (χ3n) is 5.35. The molecule has 1 fully saturated rings. The number of anilines is 2. The van der Waals surface area contributed by atoms with Crippen molar-refractivity contribution in [1.29, 1.82) is 0 Å². The summed E-state index contributed by atoms with van der Waals surface area (Å²) in [5.41, 5.74) is -0.486. The molecule has 0 bridgehead atoms. The number of thioether (sulfide) groups is 1. The lowest BCUT2D eigenvalue weighted by Gasteiger charge is -2.17. The number of nitrogens with one attached hydrogen (secondary N) is 1. The zero-order valence-electron chi connectivity index (χ0n) is 18.5. The zero-order valence-corrected chi connectivity index (χ0v) is 20.9. The predicted octanol–water partition coefficient (Wildman–Crippen LogP) is 3.15. The van der Waals surface area contributed by atoms with Crippen molar-refractivity contribution < 1.29 is 40.5 Å². The van der Waals surface area contributed by atoms with E-state index in [2.05, 4.69) is 5.32 Å². The number of rotatable bonds is 6. The van der Waals surface area contributed by atoms with Gasteiger partial charge in [-0.15, -0.1) is 0 Å². The first kappa shape index (κ1) is 26.8. The van der Waals surface area contributed by atoms with E-state index >= 15 is 0 Å². The summed E-state index contributed by atoms with van der Waals surface area (Å²) < 4.78 is 70.1. The minimum atomic E-state index is -4.60. The molecule has 2 aromatic rings. The molecule has 2 N–H and O–H groups in total. The number of carbonyl (C=O) groups excluding carboxylic acids is 3. The van der Waals surface area contributed by atoms with Gasteiger partial charge in [-0.3, -0.25) is 28.7 Å². The lowest BCUT2D eigenvalue weighted by molar-refractivity contribution is -0.137. The summed E-state index contributed by atoms with van der Waals surface area (Å²) in [7, 11) is -4.37. The van der Waals surface area contributed by atoms with Crippen LogP contribution in [0.4, 0.5) is 24.5 Å². The Kier molecular flexibility index (Phi) is 7.16. The van der Waals surface area contributed by atoms with E-state index in [4.69, 9.17) is 16.8 Å². The molecular weight excluding hydrogens is 555 g/mol. The second kappa shape index (κ2) is 9.89. The van der Waals surface area contributed by atoms with Crippen LogP contribution in [0.1, 0.15) is 11.1 Å². The molecule has 0 atom stereocenters. The van der Waals surface area contributed by atoms with Crippen LogP contribution in [0, 0.1) is 0 Å².